The Morgan fingerprint density at radius 3 is 2.91 bits per heavy atom. The molecule has 2 N–H and O–H groups in total. The number of carbonyl (C=O) groups excluding carboxylic acids is 1. The van der Waals surface area contributed by atoms with E-state index in [1.165, 1.54) is 13.2 Å². The van der Waals surface area contributed by atoms with Crippen LogP contribution in [-0.4, -0.2) is 52.7 Å². The van der Waals surface area contributed by atoms with Gasteiger partial charge in [0.05, 0.1) is 5.69 Å². The second kappa shape index (κ2) is 7.40. The minimum atomic E-state index is -0.805. The molecular weight excluding hydrogens is 286 g/mol. The molecule has 3 unspecified atom stereocenters. The summed E-state index contributed by atoms with van der Waals surface area (Å²) in [4.78, 5) is 24.5. The monoisotopic (exact) mass is 309 g/mol. The van der Waals surface area contributed by atoms with Crippen molar-refractivity contribution >= 4 is 11.9 Å². The van der Waals surface area contributed by atoms with Crippen LogP contribution in [0.1, 0.15) is 38.3 Å². The van der Waals surface area contributed by atoms with Gasteiger partial charge in [-0.25, -0.2) is 0 Å². The maximum absolute atomic E-state index is 11.5. The van der Waals surface area contributed by atoms with E-state index >= 15 is 0 Å². The van der Waals surface area contributed by atoms with Crippen LogP contribution in [0.25, 0.3) is 0 Å². The number of amides is 1. The van der Waals surface area contributed by atoms with Gasteiger partial charge in [-0.15, -0.1) is 0 Å². The molecule has 0 aliphatic carbocycles. The Morgan fingerprint density at radius 2 is 2.36 bits per heavy atom. The normalized spacial score (nSPS) is 23.4. The fraction of sp³-hybridized carbons (Fsp3) is 0.667. The molecule has 122 valence electrons. The van der Waals surface area contributed by atoms with Crippen LogP contribution in [0.5, 0.6) is 0 Å². The summed E-state index contributed by atoms with van der Waals surface area (Å²) < 4.78 is 4.86. The molecule has 1 fully saturated rings. The number of hydrogen-bond donors (Lipinski definition) is 2. The van der Waals surface area contributed by atoms with Gasteiger partial charge < -0.3 is 14.9 Å². The van der Waals surface area contributed by atoms with Crippen LogP contribution in [-0.2, 0) is 9.59 Å². The van der Waals surface area contributed by atoms with Crippen molar-refractivity contribution in [3.05, 3.63) is 18.0 Å². The lowest BCUT2D eigenvalue weighted by atomic mass is 10.0. The number of nitrogens with zero attached hydrogens (tertiary/aromatic N) is 2. The molecule has 2 heterocycles. The molecule has 1 aliphatic heterocycles. The summed E-state index contributed by atoms with van der Waals surface area (Å²) in [6, 6.07) is 1.29. The fourth-order valence-electron chi connectivity index (χ4n) is 2.97. The summed E-state index contributed by atoms with van der Waals surface area (Å²) in [5, 5.41) is 16.2. The summed E-state index contributed by atoms with van der Waals surface area (Å²) in [6.07, 6.45) is 2.94. The molecule has 0 bridgehead atoms. The number of aromatic nitrogens is 1. The van der Waals surface area contributed by atoms with E-state index in [0.717, 1.165) is 12.1 Å². The molecule has 0 spiro atoms. The van der Waals surface area contributed by atoms with Crippen molar-refractivity contribution in [1.29, 1.82) is 0 Å². The van der Waals surface area contributed by atoms with E-state index in [4.69, 9.17) is 4.52 Å². The molecule has 0 saturated carbocycles. The van der Waals surface area contributed by atoms with Crippen molar-refractivity contribution in [1.82, 2.24) is 15.4 Å². The number of carboxylic acids is 1. The van der Waals surface area contributed by atoms with Gasteiger partial charge in [0.1, 0.15) is 12.3 Å². The minimum Gasteiger partial charge on any atom is -0.480 e. The maximum Gasteiger partial charge on any atom is 0.320 e. The Bertz CT molecular complexity index is 503. The first-order valence-electron chi connectivity index (χ1n) is 7.62. The zero-order valence-corrected chi connectivity index (χ0v) is 13.0. The second-order valence-corrected chi connectivity index (χ2v) is 5.88. The van der Waals surface area contributed by atoms with Crippen LogP contribution in [0.2, 0.25) is 0 Å². The molecule has 2 rings (SSSR count). The zero-order valence-electron chi connectivity index (χ0n) is 13.0. The van der Waals surface area contributed by atoms with E-state index in [1.54, 1.807) is 6.07 Å². The van der Waals surface area contributed by atoms with Gasteiger partial charge in [0.2, 0.25) is 5.91 Å². The van der Waals surface area contributed by atoms with Gasteiger partial charge in [0, 0.05) is 38.5 Å². The van der Waals surface area contributed by atoms with E-state index < -0.39 is 12.0 Å². The van der Waals surface area contributed by atoms with Crippen molar-refractivity contribution in [3.63, 3.8) is 0 Å². The van der Waals surface area contributed by atoms with Gasteiger partial charge in [0.15, 0.2) is 0 Å². The predicted octanol–water partition coefficient (Wildman–Crippen LogP) is 1.08. The van der Waals surface area contributed by atoms with Gasteiger partial charge in [0.25, 0.3) is 0 Å². The molecule has 1 saturated heterocycles. The number of likely N-dealkylation sites (tertiary alicyclic amines) is 1. The van der Waals surface area contributed by atoms with E-state index in [9.17, 15) is 14.7 Å². The van der Waals surface area contributed by atoms with Crippen LogP contribution < -0.4 is 5.32 Å². The summed E-state index contributed by atoms with van der Waals surface area (Å²) in [5.41, 5.74) is 0.809. The molecular formula is C15H23N3O4. The molecule has 1 amide bonds. The first-order valence-corrected chi connectivity index (χ1v) is 7.62. The molecule has 7 nitrogen and oxygen atoms in total. The first-order chi connectivity index (χ1) is 10.5. The number of nitrogens with one attached hydrogen (secondary N) is 1. The lowest BCUT2D eigenvalue weighted by Gasteiger charge is -2.26. The number of aliphatic carboxylic acids is 1. The molecule has 1 aromatic heterocycles. The highest BCUT2D eigenvalue weighted by Crippen LogP contribution is 2.31. The van der Waals surface area contributed by atoms with Gasteiger partial charge in [-0.1, -0.05) is 18.5 Å². The van der Waals surface area contributed by atoms with Gasteiger partial charge in [-0.2, -0.15) is 0 Å². The fourth-order valence-corrected chi connectivity index (χ4v) is 2.97. The van der Waals surface area contributed by atoms with E-state index in [1.807, 2.05) is 11.8 Å². The Labute approximate surface area is 129 Å². The van der Waals surface area contributed by atoms with Gasteiger partial charge in [-0.3, -0.25) is 14.5 Å². The minimum absolute atomic E-state index is 0.0601. The van der Waals surface area contributed by atoms with Crippen LogP contribution in [0.3, 0.4) is 0 Å². The molecule has 7 heteroatoms. The third kappa shape index (κ3) is 4.07. The number of carboxylic acid groups (broad SMARTS) is 1. The first kappa shape index (κ1) is 16.5. The third-order valence-corrected chi connectivity index (χ3v) is 4.27. The molecule has 1 aromatic rings. The summed E-state index contributed by atoms with van der Waals surface area (Å²) >= 11 is 0. The third-order valence-electron chi connectivity index (χ3n) is 4.27. The summed E-state index contributed by atoms with van der Waals surface area (Å²) in [5.74, 6) is -0.546. The van der Waals surface area contributed by atoms with Crippen molar-refractivity contribution in [2.24, 2.45) is 5.92 Å². The molecule has 22 heavy (non-hydrogen) atoms. The van der Waals surface area contributed by atoms with Crippen LogP contribution >= 0.6 is 0 Å². The Morgan fingerprint density at radius 1 is 1.59 bits per heavy atom. The maximum atomic E-state index is 11.5. The highest BCUT2D eigenvalue weighted by atomic mass is 16.5. The smallest absolute Gasteiger partial charge is 0.320 e. The average Bonchev–Trinajstić information content (AvgIpc) is 3.11. The van der Waals surface area contributed by atoms with Crippen molar-refractivity contribution in [3.8, 4) is 0 Å². The summed E-state index contributed by atoms with van der Waals surface area (Å²) in [7, 11) is 0. The van der Waals surface area contributed by atoms with E-state index in [0.29, 0.717) is 26.1 Å². The highest BCUT2D eigenvalue weighted by molar-refractivity contribution is 5.74. The van der Waals surface area contributed by atoms with Crippen LogP contribution in [0.15, 0.2) is 16.9 Å². The van der Waals surface area contributed by atoms with Crippen LogP contribution in [0.4, 0.5) is 0 Å². The standard InChI is InChI=1S/C15H23N3O4/c1-3-11(7-16-10(2)19)8-18-9-12(6-14(18)15(20)21)13-4-5-22-17-13/h4-5,11-12,14H,3,6-9H2,1-2H3,(H,16,19)(H,20,21). The van der Waals surface area contributed by atoms with Crippen molar-refractivity contribution in [2.45, 2.75) is 38.6 Å². The number of rotatable bonds is 7. The quantitative estimate of drug-likeness (QED) is 0.782. The zero-order chi connectivity index (χ0) is 16.1. The van der Waals surface area contributed by atoms with Gasteiger partial charge in [-0.05, 0) is 12.3 Å². The SMILES string of the molecule is CCC(CNC(C)=O)CN1CC(c2ccon2)CC1C(=O)O. The molecule has 3 atom stereocenters. The highest BCUT2D eigenvalue weighted by Gasteiger charge is 2.39. The lowest BCUT2D eigenvalue weighted by Crippen LogP contribution is -2.41. The number of hydrogen-bond acceptors (Lipinski definition) is 5. The van der Waals surface area contributed by atoms with E-state index in [2.05, 4.69) is 10.5 Å². The van der Waals surface area contributed by atoms with E-state index in [-0.39, 0.29) is 17.7 Å². The van der Waals surface area contributed by atoms with Crippen LogP contribution in [0, 0.1) is 5.92 Å². The topological polar surface area (TPSA) is 95.7 Å². The second-order valence-electron chi connectivity index (χ2n) is 5.88. The molecule has 0 aromatic carbocycles. The number of carbonyl (C=O) groups is 2. The largest absolute Gasteiger partial charge is 0.480 e. The Kier molecular flexibility index (Phi) is 5.54. The Balaban J connectivity index is 2.00. The summed E-state index contributed by atoms with van der Waals surface area (Å²) in [6.45, 7) is 5.42. The predicted molar refractivity (Wildman–Crippen MR) is 79.3 cm³/mol. The molecule has 0 radical (unpaired) electrons. The average molecular weight is 309 g/mol. The molecule has 1 aliphatic rings. The van der Waals surface area contributed by atoms with Gasteiger partial charge >= 0.3 is 5.97 Å². The van der Waals surface area contributed by atoms with Crippen molar-refractivity contribution < 1.29 is 19.2 Å². The van der Waals surface area contributed by atoms with Crippen molar-refractivity contribution in [2.75, 3.05) is 19.6 Å². The lowest BCUT2D eigenvalue weighted by molar-refractivity contribution is -0.142. The Hall–Kier alpha value is -1.89.